The van der Waals surface area contributed by atoms with Crippen LogP contribution in [0, 0.1) is 0 Å². The maximum absolute atomic E-state index is 9.45. The summed E-state index contributed by atoms with van der Waals surface area (Å²) >= 11 is 3.37. The van der Waals surface area contributed by atoms with Crippen molar-refractivity contribution in [3.63, 3.8) is 0 Å². The average Bonchev–Trinajstić information content (AvgIpc) is 2.95. The third-order valence-electron chi connectivity index (χ3n) is 4.11. The summed E-state index contributed by atoms with van der Waals surface area (Å²) in [6.07, 6.45) is 6.77. The van der Waals surface area contributed by atoms with Gasteiger partial charge in [-0.05, 0) is 61.8 Å². The molecule has 2 N–H and O–H groups in total. The summed E-state index contributed by atoms with van der Waals surface area (Å²) in [5, 5.41) is 14.8. The number of aromatic hydroxyl groups is 1. The van der Waals surface area contributed by atoms with E-state index in [4.69, 9.17) is 9.97 Å². The van der Waals surface area contributed by atoms with E-state index in [9.17, 15) is 5.11 Å². The van der Waals surface area contributed by atoms with Gasteiger partial charge in [-0.2, -0.15) is 0 Å². The number of thioether (sulfide) groups is 1. The van der Waals surface area contributed by atoms with Crippen LogP contribution in [0.1, 0.15) is 23.3 Å². The molecule has 23 heavy (non-hydrogen) atoms. The van der Waals surface area contributed by atoms with Crippen molar-refractivity contribution in [1.29, 1.82) is 0 Å². The highest BCUT2D eigenvalue weighted by Gasteiger charge is 2.21. The molecule has 0 saturated carbocycles. The molecule has 2 aromatic heterocycles. The van der Waals surface area contributed by atoms with Gasteiger partial charge in [-0.25, -0.2) is 9.97 Å². The SMILES string of the molecule is CSc1nc(Nc2ccc(O)cc2)c2c3c(sc2n1)CCCC3. The molecule has 1 aliphatic carbocycles. The van der Waals surface area contributed by atoms with E-state index in [1.54, 1.807) is 23.9 Å². The quantitative estimate of drug-likeness (QED) is 0.409. The lowest BCUT2D eigenvalue weighted by Crippen LogP contribution is -2.01. The minimum absolute atomic E-state index is 0.265. The van der Waals surface area contributed by atoms with Crippen LogP contribution in [-0.2, 0) is 12.8 Å². The van der Waals surface area contributed by atoms with Gasteiger partial charge in [0, 0.05) is 10.6 Å². The molecule has 0 amide bonds. The number of thiophene rings is 1. The van der Waals surface area contributed by atoms with Gasteiger partial charge in [0.15, 0.2) is 5.16 Å². The smallest absolute Gasteiger partial charge is 0.190 e. The highest BCUT2D eigenvalue weighted by atomic mass is 32.2. The van der Waals surface area contributed by atoms with Gasteiger partial charge in [-0.1, -0.05) is 11.8 Å². The monoisotopic (exact) mass is 343 g/mol. The van der Waals surface area contributed by atoms with Gasteiger partial charge in [0.2, 0.25) is 0 Å². The molecule has 4 nitrogen and oxygen atoms in total. The number of aryl methyl sites for hydroxylation is 2. The normalized spacial score (nSPS) is 14.0. The number of phenolic OH excluding ortho intramolecular Hbond substituents is 1. The van der Waals surface area contributed by atoms with E-state index in [0.29, 0.717) is 0 Å². The first-order valence-electron chi connectivity index (χ1n) is 7.67. The van der Waals surface area contributed by atoms with Crippen molar-refractivity contribution in [2.45, 2.75) is 30.8 Å². The second-order valence-electron chi connectivity index (χ2n) is 5.62. The van der Waals surface area contributed by atoms with Crippen LogP contribution in [-0.4, -0.2) is 21.3 Å². The lowest BCUT2D eigenvalue weighted by atomic mass is 9.97. The second kappa shape index (κ2) is 6.02. The first-order chi connectivity index (χ1) is 11.2. The number of phenols is 1. The number of hydrogen-bond donors (Lipinski definition) is 2. The topological polar surface area (TPSA) is 58.0 Å². The summed E-state index contributed by atoms with van der Waals surface area (Å²) in [7, 11) is 0. The van der Waals surface area contributed by atoms with E-state index in [1.807, 2.05) is 29.7 Å². The Morgan fingerprint density at radius 2 is 1.91 bits per heavy atom. The average molecular weight is 343 g/mol. The molecule has 2 heterocycles. The van der Waals surface area contributed by atoms with Crippen molar-refractivity contribution in [2.75, 3.05) is 11.6 Å². The molecule has 0 spiro atoms. The number of fused-ring (bicyclic) bond motifs is 3. The fourth-order valence-electron chi connectivity index (χ4n) is 3.00. The number of anilines is 2. The Balaban J connectivity index is 1.85. The Hall–Kier alpha value is -1.79. The van der Waals surface area contributed by atoms with E-state index in [-0.39, 0.29) is 5.75 Å². The summed E-state index contributed by atoms with van der Waals surface area (Å²) in [5.41, 5.74) is 2.34. The number of hydrogen-bond acceptors (Lipinski definition) is 6. The molecule has 0 radical (unpaired) electrons. The van der Waals surface area contributed by atoms with E-state index in [0.717, 1.165) is 34.3 Å². The van der Waals surface area contributed by atoms with E-state index >= 15 is 0 Å². The number of nitrogens with one attached hydrogen (secondary N) is 1. The van der Waals surface area contributed by atoms with Crippen molar-refractivity contribution in [3.8, 4) is 5.75 Å². The molecule has 0 aliphatic heterocycles. The van der Waals surface area contributed by atoms with Gasteiger partial charge in [0.25, 0.3) is 0 Å². The van der Waals surface area contributed by atoms with Gasteiger partial charge in [0.05, 0.1) is 5.39 Å². The molecule has 3 aromatic rings. The van der Waals surface area contributed by atoms with Crippen LogP contribution in [0.2, 0.25) is 0 Å². The summed E-state index contributed by atoms with van der Waals surface area (Å²) in [5.74, 6) is 1.14. The summed E-state index contributed by atoms with van der Waals surface area (Å²) in [6.45, 7) is 0. The predicted octanol–water partition coefficient (Wildman–Crippen LogP) is 4.74. The Bertz CT molecular complexity index is 858. The number of nitrogens with zero attached hydrogens (tertiary/aromatic N) is 2. The highest BCUT2D eigenvalue weighted by Crippen LogP contribution is 2.40. The molecule has 1 aromatic carbocycles. The molecular formula is C17H17N3OS2. The third-order valence-corrected chi connectivity index (χ3v) is 5.84. The van der Waals surface area contributed by atoms with Crippen LogP contribution >= 0.6 is 23.1 Å². The summed E-state index contributed by atoms with van der Waals surface area (Å²) in [4.78, 5) is 12.0. The van der Waals surface area contributed by atoms with E-state index in [1.165, 1.54) is 28.7 Å². The molecule has 0 atom stereocenters. The minimum atomic E-state index is 0.265. The molecule has 0 fully saturated rings. The van der Waals surface area contributed by atoms with Gasteiger partial charge in [-0.15, -0.1) is 11.3 Å². The molecule has 6 heteroatoms. The van der Waals surface area contributed by atoms with Gasteiger partial charge in [-0.3, -0.25) is 0 Å². The maximum Gasteiger partial charge on any atom is 0.190 e. The standard InChI is InChI=1S/C17H17N3OS2/c1-22-17-19-15(18-10-6-8-11(21)9-7-10)14-12-4-2-3-5-13(12)23-16(14)20-17/h6-9,21H,2-5H2,1H3,(H,18,19,20). The highest BCUT2D eigenvalue weighted by molar-refractivity contribution is 7.98. The minimum Gasteiger partial charge on any atom is -0.508 e. The fraction of sp³-hybridized carbons (Fsp3) is 0.294. The zero-order valence-corrected chi connectivity index (χ0v) is 14.4. The maximum atomic E-state index is 9.45. The molecule has 0 saturated heterocycles. The molecule has 118 valence electrons. The molecule has 0 bridgehead atoms. The van der Waals surface area contributed by atoms with Crippen molar-refractivity contribution in [1.82, 2.24) is 9.97 Å². The lowest BCUT2D eigenvalue weighted by Gasteiger charge is -2.13. The van der Waals surface area contributed by atoms with Gasteiger partial charge in [0.1, 0.15) is 16.4 Å². The van der Waals surface area contributed by atoms with Crippen LogP contribution in [0.4, 0.5) is 11.5 Å². The first kappa shape index (κ1) is 14.8. The Morgan fingerprint density at radius 3 is 2.70 bits per heavy atom. The third kappa shape index (κ3) is 2.77. The number of rotatable bonds is 3. The second-order valence-corrected chi connectivity index (χ2v) is 7.48. The Labute approximate surface area is 143 Å². The zero-order valence-electron chi connectivity index (χ0n) is 12.8. The van der Waals surface area contributed by atoms with E-state index < -0.39 is 0 Å². The molecular weight excluding hydrogens is 326 g/mol. The summed E-state index contributed by atoms with van der Waals surface area (Å²) < 4.78 is 0. The lowest BCUT2D eigenvalue weighted by molar-refractivity contribution is 0.475. The van der Waals surface area contributed by atoms with Crippen molar-refractivity contribution in [3.05, 3.63) is 34.7 Å². The predicted molar refractivity (Wildman–Crippen MR) is 97.2 cm³/mol. The van der Waals surface area contributed by atoms with Gasteiger partial charge >= 0.3 is 0 Å². The van der Waals surface area contributed by atoms with Crippen LogP contribution in [0.15, 0.2) is 29.4 Å². The Morgan fingerprint density at radius 1 is 1.13 bits per heavy atom. The van der Waals surface area contributed by atoms with Crippen LogP contribution in [0.25, 0.3) is 10.2 Å². The van der Waals surface area contributed by atoms with Crippen LogP contribution < -0.4 is 5.32 Å². The van der Waals surface area contributed by atoms with E-state index in [2.05, 4.69) is 5.32 Å². The summed E-state index contributed by atoms with van der Waals surface area (Å²) in [6, 6.07) is 7.08. The van der Waals surface area contributed by atoms with Crippen molar-refractivity contribution in [2.24, 2.45) is 0 Å². The number of benzene rings is 1. The van der Waals surface area contributed by atoms with Crippen LogP contribution in [0.5, 0.6) is 5.75 Å². The zero-order chi connectivity index (χ0) is 15.8. The molecule has 1 aliphatic rings. The Kier molecular flexibility index (Phi) is 3.87. The van der Waals surface area contributed by atoms with Crippen molar-refractivity contribution < 1.29 is 5.11 Å². The van der Waals surface area contributed by atoms with Crippen molar-refractivity contribution >= 4 is 44.8 Å². The van der Waals surface area contributed by atoms with Gasteiger partial charge < -0.3 is 10.4 Å². The number of aromatic nitrogens is 2. The molecule has 4 rings (SSSR count). The molecule has 0 unspecified atom stereocenters. The largest absolute Gasteiger partial charge is 0.508 e. The fourth-order valence-corrected chi connectivity index (χ4v) is 4.69. The van der Waals surface area contributed by atoms with Crippen LogP contribution in [0.3, 0.4) is 0 Å². The first-order valence-corrected chi connectivity index (χ1v) is 9.71.